The molecular formula is C20H36. The Kier molecular flexibility index (Phi) is 8.85. The lowest BCUT2D eigenvalue weighted by Crippen LogP contribution is -2.06. The first kappa shape index (κ1) is 19.2. The molecule has 1 rings (SSSR count). The van der Waals surface area contributed by atoms with E-state index >= 15 is 0 Å². The van der Waals surface area contributed by atoms with Gasteiger partial charge in [0.25, 0.3) is 0 Å². The first-order chi connectivity index (χ1) is 9.14. The van der Waals surface area contributed by atoms with Crippen molar-refractivity contribution in [2.24, 2.45) is 10.8 Å². The molecule has 0 amide bonds. The van der Waals surface area contributed by atoms with Crippen molar-refractivity contribution in [2.75, 3.05) is 0 Å². The van der Waals surface area contributed by atoms with E-state index in [0.717, 1.165) is 0 Å². The molecule has 0 heteroatoms. The highest BCUT2D eigenvalue weighted by molar-refractivity contribution is 5.14. The molecule has 20 heavy (non-hydrogen) atoms. The Balaban J connectivity index is 0.000000396. The van der Waals surface area contributed by atoms with Crippen molar-refractivity contribution in [3.8, 4) is 0 Å². The van der Waals surface area contributed by atoms with Gasteiger partial charge >= 0.3 is 0 Å². The van der Waals surface area contributed by atoms with Crippen LogP contribution in [0.15, 0.2) is 30.3 Å². The summed E-state index contributed by atoms with van der Waals surface area (Å²) in [5.74, 6) is 0. The van der Waals surface area contributed by atoms with Crippen LogP contribution in [0.5, 0.6) is 0 Å². The van der Waals surface area contributed by atoms with Gasteiger partial charge in [-0.05, 0) is 35.7 Å². The SMILES string of the molecule is CC(C)(C)CCc1ccccc1.CCCCC(C)(C)C. The van der Waals surface area contributed by atoms with Gasteiger partial charge in [0, 0.05) is 0 Å². The molecule has 0 spiro atoms. The maximum Gasteiger partial charge on any atom is -0.0274 e. The van der Waals surface area contributed by atoms with Crippen LogP contribution in [0.25, 0.3) is 0 Å². The molecular weight excluding hydrogens is 240 g/mol. The minimum atomic E-state index is 0.454. The van der Waals surface area contributed by atoms with E-state index in [1.807, 2.05) is 0 Å². The zero-order valence-electron chi connectivity index (χ0n) is 14.9. The maximum absolute atomic E-state index is 2.29. The molecule has 0 heterocycles. The first-order valence-corrected chi connectivity index (χ1v) is 8.18. The van der Waals surface area contributed by atoms with Crippen LogP contribution in [0.1, 0.15) is 79.7 Å². The van der Waals surface area contributed by atoms with E-state index < -0.39 is 0 Å². The van der Waals surface area contributed by atoms with Crippen LogP contribution < -0.4 is 0 Å². The van der Waals surface area contributed by atoms with E-state index in [4.69, 9.17) is 0 Å². The minimum absolute atomic E-state index is 0.454. The van der Waals surface area contributed by atoms with Crippen LogP contribution in [0.3, 0.4) is 0 Å². The van der Waals surface area contributed by atoms with E-state index in [-0.39, 0.29) is 0 Å². The first-order valence-electron chi connectivity index (χ1n) is 8.18. The molecule has 0 saturated heterocycles. The zero-order valence-corrected chi connectivity index (χ0v) is 14.9. The zero-order chi connectivity index (χ0) is 15.6. The highest BCUT2D eigenvalue weighted by atomic mass is 14.1. The van der Waals surface area contributed by atoms with Crippen LogP contribution >= 0.6 is 0 Å². The summed E-state index contributed by atoms with van der Waals surface area (Å²) in [5, 5.41) is 0. The van der Waals surface area contributed by atoms with E-state index in [2.05, 4.69) is 78.8 Å². The Hall–Kier alpha value is -0.780. The van der Waals surface area contributed by atoms with E-state index in [0.29, 0.717) is 10.8 Å². The second-order valence-electron chi connectivity index (χ2n) is 8.21. The van der Waals surface area contributed by atoms with Gasteiger partial charge in [0.2, 0.25) is 0 Å². The predicted octanol–water partition coefficient (Wildman–Crippen LogP) is 6.89. The Bertz CT molecular complexity index is 321. The number of hydrogen-bond donors (Lipinski definition) is 0. The molecule has 0 bridgehead atoms. The topological polar surface area (TPSA) is 0 Å². The molecule has 0 radical (unpaired) electrons. The monoisotopic (exact) mass is 276 g/mol. The van der Waals surface area contributed by atoms with Crippen molar-refractivity contribution < 1.29 is 0 Å². The third-order valence-corrected chi connectivity index (χ3v) is 3.29. The summed E-state index contributed by atoms with van der Waals surface area (Å²) in [6.07, 6.45) is 6.53. The number of aryl methyl sites for hydroxylation is 1. The van der Waals surface area contributed by atoms with Gasteiger partial charge in [0.05, 0.1) is 0 Å². The Morgan fingerprint density at radius 1 is 0.750 bits per heavy atom. The van der Waals surface area contributed by atoms with Gasteiger partial charge in [0.15, 0.2) is 0 Å². The summed E-state index contributed by atoms with van der Waals surface area (Å²) in [6.45, 7) is 16.0. The summed E-state index contributed by atoms with van der Waals surface area (Å²) < 4.78 is 0. The van der Waals surface area contributed by atoms with Gasteiger partial charge in [0.1, 0.15) is 0 Å². The second kappa shape index (κ2) is 9.21. The van der Waals surface area contributed by atoms with Crippen molar-refractivity contribution >= 4 is 0 Å². The fourth-order valence-corrected chi connectivity index (χ4v) is 1.87. The molecule has 0 aliphatic heterocycles. The molecule has 1 aromatic rings. The normalized spacial score (nSPS) is 11.8. The fourth-order valence-electron chi connectivity index (χ4n) is 1.87. The molecule has 0 aliphatic carbocycles. The molecule has 0 N–H and O–H groups in total. The molecule has 0 unspecified atom stereocenters. The van der Waals surface area contributed by atoms with Gasteiger partial charge in [-0.25, -0.2) is 0 Å². The third kappa shape index (κ3) is 13.6. The van der Waals surface area contributed by atoms with Crippen molar-refractivity contribution in [2.45, 2.75) is 80.6 Å². The average Bonchev–Trinajstić information content (AvgIpc) is 2.34. The highest BCUT2D eigenvalue weighted by Gasteiger charge is 2.09. The second-order valence-corrected chi connectivity index (χ2v) is 8.21. The molecule has 0 fully saturated rings. The lowest BCUT2D eigenvalue weighted by atomic mass is 9.89. The Morgan fingerprint density at radius 3 is 1.60 bits per heavy atom. The van der Waals surface area contributed by atoms with Gasteiger partial charge in [-0.3, -0.25) is 0 Å². The van der Waals surface area contributed by atoms with Gasteiger partial charge < -0.3 is 0 Å². The largest absolute Gasteiger partial charge is 0.0654 e. The molecule has 0 aromatic heterocycles. The Labute approximate surface area is 128 Å². The summed E-state index contributed by atoms with van der Waals surface area (Å²) in [6, 6.07) is 10.7. The molecule has 116 valence electrons. The summed E-state index contributed by atoms with van der Waals surface area (Å²) in [4.78, 5) is 0. The number of rotatable bonds is 4. The Morgan fingerprint density at radius 2 is 1.25 bits per heavy atom. The lowest BCUT2D eigenvalue weighted by Gasteiger charge is -2.17. The maximum atomic E-state index is 2.29. The summed E-state index contributed by atoms with van der Waals surface area (Å²) in [7, 11) is 0. The standard InChI is InChI=1S/C12H18.C8H18/c1-12(2,3)10-9-11-7-5-4-6-8-11;1-5-6-7-8(2,3)4/h4-8H,9-10H2,1-3H3;5-7H2,1-4H3. The molecule has 0 aliphatic rings. The van der Waals surface area contributed by atoms with Crippen LogP contribution in [-0.2, 0) is 6.42 Å². The molecule has 0 saturated carbocycles. The molecule has 0 atom stereocenters. The van der Waals surface area contributed by atoms with Crippen molar-refractivity contribution in [1.29, 1.82) is 0 Å². The van der Waals surface area contributed by atoms with Crippen LogP contribution in [-0.4, -0.2) is 0 Å². The third-order valence-electron chi connectivity index (χ3n) is 3.29. The van der Waals surface area contributed by atoms with Gasteiger partial charge in [-0.1, -0.05) is 91.6 Å². The van der Waals surface area contributed by atoms with E-state index in [1.165, 1.54) is 37.7 Å². The minimum Gasteiger partial charge on any atom is -0.0654 e. The van der Waals surface area contributed by atoms with Crippen molar-refractivity contribution in [3.05, 3.63) is 35.9 Å². The van der Waals surface area contributed by atoms with Crippen LogP contribution in [0.4, 0.5) is 0 Å². The highest BCUT2D eigenvalue weighted by Crippen LogP contribution is 2.21. The van der Waals surface area contributed by atoms with Gasteiger partial charge in [-0.2, -0.15) is 0 Å². The molecule has 1 aromatic carbocycles. The van der Waals surface area contributed by atoms with E-state index in [9.17, 15) is 0 Å². The number of unbranched alkanes of at least 4 members (excludes halogenated alkanes) is 1. The fraction of sp³-hybridized carbons (Fsp3) is 0.700. The molecule has 0 nitrogen and oxygen atoms in total. The smallest absolute Gasteiger partial charge is 0.0274 e. The number of hydrogen-bond acceptors (Lipinski definition) is 0. The van der Waals surface area contributed by atoms with Crippen molar-refractivity contribution in [1.82, 2.24) is 0 Å². The quantitative estimate of drug-likeness (QED) is 0.561. The average molecular weight is 277 g/mol. The van der Waals surface area contributed by atoms with Crippen LogP contribution in [0, 0.1) is 10.8 Å². The lowest BCUT2D eigenvalue weighted by molar-refractivity contribution is 0.363. The summed E-state index contributed by atoms with van der Waals surface area (Å²) >= 11 is 0. The van der Waals surface area contributed by atoms with E-state index in [1.54, 1.807) is 0 Å². The summed E-state index contributed by atoms with van der Waals surface area (Å²) in [5.41, 5.74) is 2.46. The number of benzene rings is 1. The van der Waals surface area contributed by atoms with Gasteiger partial charge in [-0.15, -0.1) is 0 Å². The van der Waals surface area contributed by atoms with Crippen molar-refractivity contribution in [3.63, 3.8) is 0 Å². The predicted molar refractivity (Wildman–Crippen MR) is 93.2 cm³/mol. The van der Waals surface area contributed by atoms with Crippen LogP contribution in [0.2, 0.25) is 0 Å².